The van der Waals surface area contributed by atoms with Gasteiger partial charge in [-0.15, -0.1) is 0 Å². The van der Waals surface area contributed by atoms with Gasteiger partial charge < -0.3 is 5.11 Å². The van der Waals surface area contributed by atoms with E-state index in [0.29, 0.717) is 25.7 Å². The summed E-state index contributed by atoms with van der Waals surface area (Å²) in [6, 6.07) is 6.95. The van der Waals surface area contributed by atoms with Crippen molar-refractivity contribution in [1.29, 1.82) is 0 Å². The molecule has 1 aliphatic rings. The summed E-state index contributed by atoms with van der Waals surface area (Å²) in [6.45, 7) is 1.86. The van der Waals surface area contributed by atoms with Gasteiger partial charge in [-0.25, -0.2) is 0 Å². The molecule has 1 aromatic carbocycles. The van der Waals surface area contributed by atoms with Gasteiger partial charge in [0.25, 0.3) is 10.1 Å². The van der Waals surface area contributed by atoms with Gasteiger partial charge in [-0.2, -0.15) is 8.42 Å². The van der Waals surface area contributed by atoms with Crippen LogP contribution >= 0.6 is 0 Å². The molecule has 0 radical (unpaired) electrons. The first-order valence-corrected chi connectivity index (χ1v) is 7.69. The van der Waals surface area contributed by atoms with Crippen LogP contribution in [0.3, 0.4) is 0 Å². The molecule has 18 heavy (non-hydrogen) atoms. The highest BCUT2D eigenvalue weighted by Gasteiger charge is 2.34. The lowest BCUT2D eigenvalue weighted by molar-refractivity contribution is 0.170. The molecule has 2 rings (SSSR count). The van der Waals surface area contributed by atoms with Crippen LogP contribution in [-0.4, -0.2) is 24.9 Å². The molecule has 1 saturated heterocycles. The molecule has 2 unspecified atom stereocenters. The number of hydrogen-bond donors (Lipinski definition) is 1. The largest absolute Gasteiger partial charge is 0.508 e. The van der Waals surface area contributed by atoms with E-state index in [2.05, 4.69) is 0 Å². The zero-order valence-corrected chi connectivity index (χ0v) is 11.2. The Morgan fingerprint density at radius 2 is 2.06 bits per heavy atom. The Balaban J connectivity index is 2.07. The van der Waals surface area contributed by atoms with Crippen molar-refractivity contribution in [3.8, 4) is 5.75 Å². The second-order valence-electron chi connectivity index (χ2n) is 4.65. The third-order valence-electron chi connectivity index (χ3n) is 3.38. The molecule has 4 nitrogen and oxygen atoms in total. The lowest BCUT2D eigenvalue weighted by Crippen LogP contribution is -2.35. The summed E-state index contributed by atoms with van der Waals surface area (Å²) in [6.07, 6.45) is 2.02. The van der Waals surface area contributed by atoms with E-state index < -0.39 is 10.1 Å². The minimum absolute atomic E-state index is 0.191. The van der Waals surface area contributed by atoms with Gasteiger partial charge in [-0.05, 0) is 30.9 Å². The van der Waals surface area contributed by atoms with E-state index in [-0.39, 0.29) is 17.1 Å². The molecule has 2 atom stereocenters. The van der Waals surface area contributed by atoms with Crippen LogP contribution in [0.1, 0.15) is 31.7 Å². The van der Waals surface area contributed by atoms with Crippen molar-refractivity contribution in [2.75, 3.05) is 0 Å². The van der Waals surface area contributed by atoms with E-state index >= 15 is 0 Å². The molecule has 0 aliphatic carbocycles. The number of phenols is 1. The molecular weight excluding hydrogens is 252 g/mol. The van der Waals surface area contributed by atoms with E-state index in [1.165, 1.54) is 0 Å². The summed E-state index contributed by atoms with van der Waals surface area (Å²) < 4.78 is 28.8. The molecule has 1 N–H and O–H groups in total. The maximum Gasteiger partial charge on any atom is 0.270 e. The number of rotatable bonds is 3. The molecular formula is C13H18O4S. The Kier molecular flexibility index (Phi) is 3.92. The van der Waals surface area contributed by atoms with E-state index in [0.717, 1.165) is 5.56 Å². The predicted molar refractivity (Wildman–Crippen MR) is 68.9 cm³/mol. The van der Waals surface area contributed by atoms with Crippen LogP contribution in [0.15, 0.2) is 24.3 Å². The van der Waals surface area contributed by atoms with Gasteiger partial charge in [0, 0.05) is 6.42 Å². The molecule has 0 amide bonds. The van der Waals surface area contributed by atoms with Crippen molar-refractivity contribution in [1.82, 2.24) is 0 Å². The standard InChI is InChI=1S/C13H18O4S/c1-2-12-8-7-11(17-18(12,15)16)9-10-5-3-4-6-13(10)14/h3-6,11-12,14H,2,7-9H2,1H3. The SMILES string of the molecule is CCC1CCC(Cc2ccccc2O)OS1(=O)=O. The highest BCUT2D eigenvalue weighted by molar-refractivity contribution is 7.87. The van der Waals surface area contributed by atoms with E-state index in [1.54, 1.807) is 18.2 Å². The van der Waals surface area contributed by atoms with Crippen LogP contribution in [-0.2, 0) is 20.7 Å². The first kappa shape index (κ1) is 13.4. The maximum absolute atomic E-state index is 11.8. The minimum Gasteiger partial charge on any atom is -0.508 e. The summed E-state index contributed by atoms with van der Waals surface area (Å²) in [5.74, 6) is 0.191. The highest BCUT2D eigenvalue weighted by Crippen LogP contribution is 2.28. The molecule has 0 bridgehead atoms. The number of aromatic hydroxyl groups is 1. The van der Waals surface area contributed by atoms with Gasteiger partial charge in [0.05, 0.1) is 11.4 Å². The van der Waals surface area contributed by atoms with Crippen LogP contribution in [0.25, 0.3) is 0 Å². The second-order valence-corrected chi connectivity index (χ2v) is 6.50. The van der Waals surface area contributed by atoms with Crippen molar-refractivity contribution in [2.24, 2.45) is 0 Å². The molecule has 0 aromatic heterocycles. The quantitative estimate of drug-likeness (QED) is 0.855. The zero-order chi connectivity index (χ0) is 13.2. The fraction of sp³-hybridized carbons (Fsp3) is 0.538. The van der Waals surface area contributed by atoms with Gasteiger partial charge in [0.2, 0.25) is 0 Å². The van der Waals surface area contributed by atoms with Crippen LogP contribution < -0.4 is 0 Å². The molecule has 1 heterocycles. The fourth-order valence-electron chi connectivity index (χ4n) is 2.31. The van der Waals surface area contributed by atoms with Crippen molar-refractivity contribution >= 4 is 10.1 Å². The first-order chi connectivity index (χ1) is 8.53. The number of phenolic OH excluding ortho intramolecular Hbond substituents is 1. The Morgan fingerprint density at radius 1 is 1.33 bits per heavy atom. The highest BCUT2D eigenvalue weighted by atomic mass is 32.2. The third kappa shape index (κ3) is 2.84. The minimum atomic E-state index is -3.44. The summed E-state index contributed by atoms with van der Waals surface area (Å²) >= 11 is 0. The Bertz CT molecular complexity index is 509. The van der Waals surface area contributed by atoms with Gasteiger partial charge >= 0.3 is 0 Å². The second kappa shape index (κ2) is 5.28. The fourth-order valence-corrected chi connectivity index (χ4v) is 3.84. The van der Waals surface area contributed by atoms with Gasteiger partial charge in [-0.1, -0.05) is 25.1 Å². The monoisotopic (exact) mass is 270 g/mol. The Hall–Kier alpha value is -1.07. The average Bonchev–Trinajstić information content (AvgIpc) is 2.31. The molecule has 1 fully saturated rings. The van der Waals surface area contributed by atoms with Crippen molar-refractivity contribution in [3.63, 3.8) is 0 Å². The molecule has 100 valence electrons. The van der Waals surface area contributed by atoms with Gasteiger partial charge in [0.1, 0.15) is 5.75 Å². The summed E-state index contributed by atoms with van der Waals surface area (Å²) in [7, 11) is -3.44. The first-order valence-electron chi connectivity index (χ1n) is 6.22. The van der Waals surface area contributed by atoms with Crippen molar-refractivity contribution in [2.45, 2.75) is 44.0 Å². The van der Waals surface area contributed by atoms with Crippen LogP contribution in [0.2, 0.25) is 0 Å². The van der Waals surface area contributed by atoms with Crippen LogP contribution in [0.5, 0.6) is 5.75 Å². The summed E-state index contributed by atoms with van der Waals surface area (Å²) in [5, 5.41) is 9.29. The number of benzene rings is 1. The van der Waals surface area contributed by atoms with Crippen LogP contribution in [0.4, 0.5) is 0 Å². The molecule has 0 spiro atoms. The van der Waals surface area contributed by atoms with Gasteiger partial charge in [-0.3, -0.25) is 4.18 Å². The number of para-hydroxylation sites is 1. The normalized spacial score (nSPS) is 26.9. The smallest absolute Gasteiger partial charge is 0.270 e. The third-order valence-corrected chi connectivity index (χ3v) is 5.31. The molecule has 5 heteroatoms. The molecule has 0 saturated carbocycles. The predicted octanol–water partition coefficient (Wildman–Crippen LogP) is 2.22. The topological polar surface area (TPSA) is 63.6 Å². The Morgan fingerprint density at radius 3 is 2.67 bits per heavy atom. The number of hydrogen-bond acceptors (Lipinski definition) is 4. The summed E-state index contributed by atoms with van der Waals surface area (Å²) in [4.78, 5) is 0. The van der Waals surface area contributed by atoms with E-state index in [4.69, 9.17) is 4.18 Å². The summed E-state index contributed by atoms with van der Waals surface area (Å²) in [5.41, 5.74) is 0.729. The lowest BCUT2D eigenvalue weighted by Gasteiger charge is -2.28. The Labute approximate surface area is 108 Å². The van der Waals surface area contributed by atoms with Crippen molar-refractivity contribution < 1.29 is 17.7 Å². The van der Waals surface area contributed by atoms with Gasteiger partial charge in [0.15, 0.2) is 0 Å². The molecule has 1 aliphatic heterocycles. The maximum atomic E-state index is 11.8. The van der Waals surface area contributed by atoms with E-state index in [1.807, 2.05) is 13.0 Å². The zero-order valence-electron chi connectivity index (χ0n) is 10.4. The van der Waals surface area contributed by atoms with E-state index in [9.17, 15) is 13.5 Å². The van der Waals surface area contributed by atoms with Crippen molar-refractivity contribution in [3.05, 3.63) is 29.8 Å². The average molecular weight is 270 g/mol. The lowest BCUT2D eigenvalue weighted by atomic mass is 10.0. The molecule has 1 aromatic rings. The van der Waals surface area contributed by atoms with Crippen LogP contribution in [0, 0.1) is 0 Å².